The second-order valence-electron chi connectivity index (χ2n) is 6.07. The number of nitrogens with zero attached hydrogens (tertiary/aromatic N) is 1. The van der Waals surface area contributed by atoms with Gasteiger partial charge in [0.15, 0.2) is 6.10 Å². The molecule has 1 aromatic rings. The quantitative estimate of drug-likeness (QED) is 0.900. The first-order chi connectivity index (χ1) is 9.69. The molecular formula is C16H24N2O3. The average Bonchev–Trinajstić information content (AvgIpc) is 2.36. The molecule has 21 heavy (non-hydrogen) atoms. The molecule has 0 aliphatic carbocycles. The van der Waals surface area contributed by atoms with Gasteiger partial charge in [-0.05, 0) is 39.8 Å². The van der Waals surface area contributed by atoms with Crippen LogP contribution in [-0.2, 0) is 9.59 Å². The van der Waals surface area contributed by atoms with Gasteiger partial charge in [-0.2, -0.15) is 0 Å². The summed E-state index contributed by atoms with van der Waals surface area (Å²) in [4.78, 5) is 25.3. The van der Waals surface area contributed by atoms with Crippen molar-refractivity contribution in [3.05, 3.63) is 30.3 Å². The summed E-state index contributed by atoms with van der Waals surface area (Å²) in [5.74, 6) is 0.207. The third-order valence-electron chi connectivity index (χ3n) is 2.68. The maximum atomic E-state index is 12.2. The Morgan fingerprint density at radius 1 is 1.24 bits per heavy atom. The number of carbonyl (C=O) groups excluding carboxylic acids is 2. The fourth-order valence-electron chi connectivity index (χ4n) is 1.82. The van der Waals surface area contributed by atoms with Crippen molar-refractivity contribution in [2.45, 2.75) is 39.3 Å². The van der Waals surface area contributed by atoms with E-state index >= 15 is 0 Å². The molecule has 5 nitrogen and oxygen atoms in total. The molecule has 0 heterocycles. The predicted octanol–water partition coefficient (Wildman–Crippen LogP) is 1.83. The van der Waals surface area contributed by atoms with Crippen molar-refractivity contribution in [1.29, 1.82) is 0 Å². The number of benzene rings is 1. The van der Waals surface area contributed by atoms with E-state index in [2.05, 4.69) is 5.32 Å². The molecule has 2 amide bonds. The monoisotopic (exact) mass is 292 g/mol. The predicted molar refractivity (Wildman–Crippen MR) is 82.1 cm³/mol. The summed E-state index contributed by atoms with van der Waals surface area (Å²) in [5, 5.41) is 2.82. The maximum absolute atomic E-state index is 12.2. The zero-order chi connectivity index (χ0) is 16.0. The number of rotatable bonds is 5. The largest absolute Gasteiger partial charge is 0.481 e. The number of amides is 2. The van der Waals surface area contributed by atoms with Gasteiger partial charge in [-0.25, -0.2) is 0 Å². The second-order valence-corrected chi connectivity index (χ2v) is 6.07. The molecule has 0 saturated heterocycles. The van der Waals surface area contributed by atoms with Crippen LogP contribution in [0.4, 0.5) is 0 Å². The molecular weight excluding hydrogens is 268 g/mol. The van der Waals surface area contributed by atoms with Gasteiger partial charge < -0.3 is 15.0 Å². The fraction of sp³-hybridized carbons (Fsp3) is 0.500. The van der Waals surface area contributed by atoms with Crippen LogP contribution in [0.15, 0.2) is 30.3 Å². The number of carbonyl (C=O) groups is 2. The number of likely N-dealkylation sites (N-methyl/N-ethyl adjacent to an activating group) is 1. The normalized spacial score (nSPS) is 12.4. The first kappa shape index (κ1) is 17.0. The Hall–Kier alpha value is -2.04. The van der Waals surface area contributed by atoms with Gasteiger partial charge in [0.2, 0.25) is 5.91 Å². The van der Waals surface area contributed by atoms with Crippen LogP contribution >= 0.6 is 0 Å². The smallest absolute Gasteiger partial charge is 0.263 e. The lowest BCUT2D eigenvalue weighted by Crippen LogP contribution is -2.48. The van der Waals surface area contributed by atoms with Crippen molar-refractivity contribution in [2.24, 2.45) is 0 Å². The lowest BCUT2D eigenvalue weighted by atomic mass is 10.1. The van der Waals surface area contributed by atoms with Gasteiger partial charge >= 0.3 is 0 Å². The van der Waals surface area contributed by atoms with E-state index in [0.29, 0.717) is 5.75 Å². The minimum absolute atomic E-state index is 0.0125. The Bertz CT molecular complexity index is 480. The molecule has 0 aliphatic heterocycles. The molecule has 1 unspecified atom stereocenters. The minimum Gasteiger partial charge on any atom is -0.481 e. The topological polar surface area (TPSA) is 58.6 Å². The third kappa shape index (κ3) is 6.29. The van der Waals surface area contributed by atoms with Gasteiger partial charge in [0.05, 0.1) is 6.54 Å². The van der Waals surface area contributed by atoms with Crippen LogP contribution in [0.5, 0.6) is 5.75 Å². The van der Waals surface area contributed by atoms with Gasteiger partial charge in [0, 0.05) is 12.6 Å². The van der Waals surface area contributed by atoms with Gasteiger partial charge in [-0.1, -0.05) is 18.2 Å². The van der Waals surface area contributed by atoms with Gasteiger partial charge in [0.25, 0.3) is 5.91 Å². The average molecular weight is 292 g/mol. The number of ether oxygens (including phenoxy) is 1. The SMILES string of the molecule is CC(Oc1ccccc1)C(=O)N(C)CC(=O)NC(C)(C)C. The van der Waals surface area contributed by atoms with E-state index in [-0.39, 0.29) is 23.9 Å². The van der Waals surface area contributed by atoms with Crippen molar-refractivity contribution in [3.8, 4) is 5.75 Å². The maximum Gasteiger partial charge on any atom is 0.263 e. The molecule has 1 atom stereocenters. The lowest BCUT2D eigenvalue weighted by Gasteiger charge is -2.25. The van der Waals surface area contributed by atoms with Crippen LogP contribution in [0.1, 0.15) is 27.7 Å². The van der Waals surface area contributed by atoms with Gasteiger partial charge in [-0.15, -0.1) is 0 Å². The standard InChI is InChI=1S/C16H24N2O3/c1-12(21-13-9-7-6-8-10-13)15(20)18(5)11-14(19)17-16(2,3)4/h6-10,12H,11H2,1-5H3,(H,17,19). The van der Waals surface area contributed by atoms with E-state index in [4.69, 9.17) is 4.74 Å². The second kappa shape index (κ2) is 7.11. The highest BCUT2D eigenvalue weighted by Crippen LogP contribution is 2.11. The molecule has 0 saturated carbocycles. The molecule has 1 rings (SSSR count). The van der Waals surface area contributed by atoms with E-state index < -0.39 is 6.10 Å². The Morgan fingerprint density at radius 3 is 2.33 bits per heavy atom. The molecule has 0 radical (unpaired) electrons. The van der Waals surface area contributed by atoms with Crippen molar-refractivity contribution < 1.29 is 14.3 Å². The van der Waals surface area contributed by atoms with Crippen LogP contribution < -0.4 is 10.1 Å². The molecule has 116 valence electrons. The van der Waals surface area contributed by atoms with Gasteiger partial charge in [0.1, 0.15) is 5.75 Å². The molecule has 0 fully saturated rings. The van der Waals surface area contributed by atoms with E-state index in [9.17, 15) is 9.59 Å². The number of nitrogens with one attached hydrogen (secondary N) is 1. The highest BCUT2D eigenvalue weighted by Gasteiger charge is 2.22. The molecule has 0 spiro atoms. The number of hydrogen-bond acceptors (Lipinski definition) is 3. The summed E-state index contributed by atoms with van der Waals surface area (Å²) in [7, 11) is 1.59. The number of para-hydroxylation sites is 1. The molecule has 1 N–H and O–H groups in total. The lowest BCUT2D eigenvalue weighted by molar-refractivity contribution is -0.140. The van der Waals surface area contributed by atoms with E-state index in [1.54, 1.807) is 26.1 Å². The zero-order valence-electron chi connectivity index (χ0n) is 13.3. The fourth-order valence-corrected chi connectivity index (χ4v) is 1.82. The summed E-state index contributed by atoms with van der Waals surface area (Å²) in [5.41, 5.74) is -0.312. The summed E-state index contributed by atoms with van der Waals surface area (Å²) >= 11 is 0. The Balaban J connectivity index is 2.52. The molecule has 0 aliphatic rings. The first-order valence-corrected chi connectivity index (χ1v) is 6.97. The van der Waals surface area contributed by atoms with Crippen LogP contribution in [0, 0.1) is 0 Å². The molecule has 0 bridgehead atoms. The molecule has 0 aromatic heterocycles. The van der Waals surface area contributed by atoms with E-state index in [1.165, 1.54) is 4.90 Å². The highest BCUT2D eigenvalue weighted by atomic mass is 16.5. The minimum atomic E-state index is -0.639. The highest BCUT2D eigenvalue weighted by molar-refractivity contribution is 5.87. The van der Waals surface area contributed by atoms with Crippen LogP contribution in [-0.4, -0.2) is 41.9 Å². The van der Waals surface area contributed by atoms with Crippen molar-refractivity contribution in [3.63, 3.8) is 0 Å². The van der Waals surface area contributed by atoms with Crippen molar-refractivity contribution >= 4 is 11.8 Å². The van der Waals surface area contributed by atoms with Crippen molar-refractivity contribution in [2.75, 3.05) is 13.6 Å². The van der Waals surface area contributed by atoms with E-state index in [0.717, 1.165) is 0 Å². The first-order valence-electron chi connectivity index (χ1n) is 6.97. The molecule has 5 heteroatoms. The van der Waals surface area contributed by atoms with Crippen LogP contribution in [0.3, 0.4) is 0 Å². The number of hydrogen-bond donors (Lipinski definition) is 1. The summed E-state index contributed by atoms with van der Waals surface area (Å²) in [6.07, 6.45) is -0.639. The Kier molecular flexibility index (Phi) is 5.76. The zero-order valence-corrected chi connectivity index (χ0v) is 13.3. The third-order valence-corrected chi connectivity index (χ3v) is 2.68. The Morgan fingerprint density at radius 2 is 1.81 bits per heavy atom. The van der Waals surface area contributed by atoms with Crippen LogP contribution in [0.2, 0.25) is 0 Å². The summed E-state index contributed by atoms with van der Waals surface area (Å²) < 4.78 is 5.56. The molecule has 1 aromatic carbocycles. The van der Waals surface area contributed by atoms with Gasteiger partial charge in [-0.3, -0.25) is 9.59 Å². The van der Waals surface area contributed by atoms with Crippen molar-refractivity contribution in [1.82, 2.24) is 10.2 Å². The van der Waals surface area contributed by atoms with E-state index in [1.807, 2.05) is 39.0 Å². The summed E-state index contributed by atoms with van der Waals surface area (Å²) in [6.45, 7) is 7.38. The Labute approximate surface area is 126 Å². The van der Waals surface area contributed by atoms with Crippen LogP contribution in [0.25, 0.3) is 0 Å². The summed E-state index contributed by atoms with van der Waals surface area (Å²) in [6, 6.07) is 9.13.